The monoisotopic (exact) mass is 224 g/mol. The highest BCUT2D eigenvalue weighted by Gasteiger charge is 2.20. The van der Waals surface area contributed by atoms with Crippen LogP contribution in [-0.2, 0) is 6.42 Å². The molecule has 1 atom stereocenters. The summed E-state index contributed by atoms with van der Waals surface area (Å²) in [6.45, 7) is 2.03. The number of hydrogen-bond donors (Lipinski definition) is 1. The van der Waals surface area contributed by atoms with Crippen LogP contribution in [0.15, 0.2) is 4.52 Å². The molecule has 0 radical (unpaired) electrons. The fraction of sp³-hybridized carbons (Fsp3) is 0.833. The van der Waals surface area contributed by atoms with Crippen molar-refractivity contribution in [2.75, 3.05) is 0 Å². The van der Waals surface area contributed by atoms with Crippen LogP contribution in [0.25, 0.3) is 0 Å². The topological polar surface area (TPSA) is 59.2 Å². The third kappa shape index (κ3) is 2.82. The molecule has 0 amide bonds. The second-order valence-corrected chi connectivity index (χ2v) is 4.71. The third-order valence-corrected chi connectivity index (χ3v) is 3.28. The van der Waals surface area contributed by atoms with Gasteiger partial charge in [-0.3, -0.25) is 0 Å². The fourth-order valence-electron chi connectivity index (χ4n) is 2.35. The maximum atomic E-state index is 9.71. The highest BCUT2D eigenvalue weighted by molar-refractivity contribution is 4.92. The minimum absolute atomic E-state index is 0.454. The smallest absolute Gasteiger partial charge is 0.227 e. The number of rotatable bonds is 5. The Morgan fingerprint density at radius 2 is 2.19 bits per heavy atom. The van der Waals surface area contributed by atoms with E-state index in [1.54, 1.807) is 0 Å². The molecule has 1 aromatic rings. The quantitative estimate of drug-likeness (QED) is 0.835. The Morgan fingerprint density at radius 3 is 2.88 bits per heavy atom. The van der Waals surface area contributed by atoms with Crippen LogP contribution in [0.4, 0.5) is 0 Å². The Bertz CT molecular complexity index is 319. The number of hydrogen-bond acceptors (Lipinski definition) is 4. The first-order chi connectivity index (χ1) is 7.79. The summed E-state index contributed by atoms with van der Waals surface area (Å²) in [6.07, 6.45) is 7.13. The van der Waals surface area contributed by atoms with E-state index in [-0.39, 0.29) is 0 Å². The lowest BCUT2D eigenvalue weighted by Crippen LogP contribution is -2.01. The zero-order valence-corrected chi connectivity index (χ0v) is 9.85. The van der Waals surface area contributed by atoms with Crippen LogP contribution in [-0.4, -0.2) is 15.2 Å². The van der Waals surface area contributed by atoms with Gasteiger partial charge in [0, 0.05) is 6.42 Å². The largest absolute Gasteiger partial charge is 0.385 e. The molecule has 0 saturated heterocycles. The average molecular weight is 224 g/mol. The van der Waals surface area contributed by atoms with Gasteiger partial charge in [0.05, 0.1) is 0 Å². The lowest BCUT2D eigenvalue weighted by molar-refractivity contribution is 0.152. The molecule has 1 unspecified atom stereocenters. The Balaban J connectivity index is 1.90. The van der Waals surface area contributed by atoms with E-state index >= 15 is 0 Å². The SMILES string of the molecule is CCCC(O)c1noc(CC2CCCC2)n1. The number of aliphatic hydroxyl groups is 1. The van der Waals surface area contributed by atoms with Gasteiger partial charge in [-0.15, -0.1) is 0 Å². The molecule has 4 nitrogen and oxygen atoms in total. The number of aromatic nitrogens is 2. The van der Waals surface area contributed by atoms with Crippen molar-refractivity contribution in [1.82, 2.24) is 10.1 Å². The first kappa shape index (κ1) is 11.6. The maximum absolute atomic E-state index is 9.71. The minimum Gasteiger partial charge on any atom is -0.385 e. The van der Waals surface area contributed by atoms with Crippen molar-refractivity contribution in [1.29, 1.82) is 0 Å². The second kappa shape index (κ2) is 5.43. The van der Waals surface area contributed by atoms with Crippen LogP contribution in [0.2, 0.25) is 0 Å². The molecular formula is C12H20N2O2. The molecule has 1 fully saturated rings. The Morgan fingerprint density at radius 1 is 1.44 bits per heavy atom. The second-order valence-electron chi connectivity index (χ2n) is 4.71. The summed E-state index contributed by atoms with van der Waals surface area (Å²) in [5.41, 5.74) is 0. The van der Waals surface area contributed by atoms with Gasteiger partial charge in [0.25, 0.3) is 0 Å². The summed E-state index contributed by atoms with van der Waals surface area (Å²) in [5, 5.41) is 13.6. The molecule has 4 heteroatoms. The first-order valence-electron chi connectivity index (χ1n) is 6.30. The number of aliphatic hydroxyl groups excluding tert-OH is 1. The predicted molar refractivity (Wildman–Crippen MR) is 59.8 cm³/mol. The van der Waals surface area contributed by atoms with Crippen LogP contribution in [0.3, 0.4) is 0 Å². The van der Waals surface area contributed by atoms with Crippen molar-refractivity contribution in [3.8, 4) is 0 Å². The van der Waals surface area contributed by atoms with Crippen LogP contribution < -0.4 is 0 Å². The Labute approximate surface area is 96.1 Å². The molecule has 1 N–H and O–H groups in total. The van der Waals surface area contributed by atoms with Gasteiger partial charge in [0.2, 0.25) is 5.89 Å². The predicted octanol–water partition coefficient (Wildman–Crippen LogP) is 2.64. The molecular weight excluding hydrogens is 204 g/mol. The van der Waals surface area contributed by atoms with Crippen molar-refractivity contribution in [3.63, 3.8) is 0 Å². The van der Waals surface area contributed by atoms with Gasteiger partial charge in [-0.25, -0.2) is 0 Å². The maximum Gasteiger partial charge on any atom is 0.227 e. The van der Waals surface area contributed by atoms with Crippen LogP contribution in [0, 0.1) is 5.92 Å². The molecule has 1 aliphatic rings. The standard InChI is InChI=1S/C12H20N2O2/c1-2-5-10(15)12-13-11(16-14-12)8-9-6-3-4-7-9/h9-10,15H,2-8H2,1H3. The van der Waals surface area contributed by atoms with Crippen molar-refractivity contribution >= 4 is 0 Å². The van der Waals surface area contributed by atoms with Crippen molar-refractivity contribution < 1.29 is 9.63 Å². The normalized spacial score (nSPS) is 19.1. The molecule has 90 valence electrons. The molecule has 0 aliphatic heterocycles. The van der Waals surface area contributed by atoms with Crippen LogP contribution in [0.1, 0.15) is 63.3 Å². The molecule has 0 bridgehead atoms. The average Bonchev–Trinajstić information content (AvgIpc) is 2.90. The molecule has 2 rings (SSSR count). The molecule has 16 heavy (non-hydrogen) atoms. The summed E-state index contributed by atoms with van der Waals surface area (Å²) >= 11 is 0. The molecule has 1 aromatic heterocycles. The van der Waals surface area contributed by atoms with E-state index in [2.05, 4.69) is 10.1 Å². The van der Waals surface area contributed by atoms with Gasteiger partial charge in [-0.05, 0) is 25.2 Å². The highest BCUT2D eigenvalue weighted by Crippen LogP contribution is 2.27. The van der Waals surface area contributed by atoms with Crippen molar-refractivity contribution in [3.05, 3.63) is 11.7 Å². The molecule has 0 spiro atoms. The van der Waals surface area contributed by atoms with E-state index < -0.39 is 6.10 Å². The van der Waals surface area contributed by atoms with Gasteiger partial charge < -0.3 is 9.63 Å². The summed E-state index contributed by atoms with van der Waals surface area (Å²) in [7, 11) is 0. The summed E-state index contributed by atoms with van der Waals surface area (Å²) in [5.74, 6) is 1.85. The van der Waals surface area contributed by atoms with Gasteiger partial charge in [-0.2, -0.15) is 4.98 Å². The van der Waals surface area contributed by atoms with Gasteiger partial charge in [0.15, 0.2) is 5.82 Å². The lowest BCUT2D eigenvalue weighted by atomic mass is 10.0. The third-order valence-electron chi connectivity index (χ3n) is 3.28. The zero-order valence-electron chi connectivity index (χ0n) is 9.85. The van der Waals surface area contributed by atoms with E-state index in [9.17, 15) is 5.11 Å². The van der Waals surface area contributed by atoms with Crippen molar-refractivity contribution in [2.45, 2.75) is 58.0 Å². The summed E-state index contributed by atoms with van der Waals surface area (Å²) in [6, 6.07) is 0. The molecule has 1 aliphatic carbocycles. The molecule has 0 aromatic carbocycles. The first-order valence-corrected chi connectivity index (χ1v) is 6.30. The number of nitrogens with zero attached hydrogens (tertiary/aromatic N) is 2. The molecule has 1 heterocycles. The zero-order chi connectivity index (χ0) is 11.4. The fourth-order valence-corrected chi connectivity index (χ4v) is 2.35. The van der Waals surface area contributed by atoms with Gasteiger partial charge in [-0.1, -0.05) is 31.3 Å². The minimum atomic E-state index is -0.564. The summed E-state index contributed by atoms with van der Waals surface area (Å²) in [4.78, 5) is 4.26. The van der Waals surface area contributed by atoms with E-state index in [0.29, 0.717) is 24.1 Å². The van der Waals surface area contributed by atoms with Crippen molar-refractivity contribution in [2.24, 2.45) is 5.92 Å². The van der Waals surface area contributed by atoms with Gasteiger partial charge in [0.1, 0.15) is 6.10 Å². The summed E-state index contributed by atoms with van der Waals surface area (Å²) < 4.78 is 5.17. The Kier molecular flexibility index (Phi) is 3.93. The van der Waals surface area contributed by atoms with E-state index in [0.717, 1.165) is 12.8 Å². The lowest BCUT2D eigenvalue weighted by Gasteiger charge is -2.03. The van der Waals surface area contributed by atoms with Gasteiger partial charge >= 0.3 is 0 Å². The van der Waals surface area contributed by atoms with E-state index in [1.165, 1.54) is 25.7 Å². The molecule has 1 saturated carbocycles. The van der Waals surface area contributed by atoms with E-state index in [1.807, 2.05) is 6.92 Å². The highest BCUT2D eigenvalue weighted by atomic mass is 16.5. The Hall–Kier alpha value is -0.900. The van der Waals surface area contributed by atoms with Crippen LogP contribution in [0.5, 0.6) is 0 Å². The van der Waals surface area contributed by atoms with Crippen LogP contribution >= 0.6 is 0 Å². The van der Waals surface area contributed by atoms with E-state index in [4.69, 9.17) is 4.52 Å².